The summed E-state index contributed by atoms with van der Waals surface area (Å²) < 4.78 is 63.4. The fraction of sp³-hybridized carbons (Fsp3) is 0.538. The van der Waals surface area contributed by atoms with Gasteiger partial charge in [-0.05, 0) is 26.7 Å². The number of hydrogen-bond donors (Lipinski definition) is 0. The third-order valence-electron chi connectivity index (χ3n) is 4.30. The molecular formula is C26H42F6FeN6O2P. The van der Waals surface area contributed by atoms with Gasteiger partial charge in [-0.3, -0.25) is 9.98 Å². The molecular weight excluding hydrogens is 629 g/mol. The normalized spacial score (nSPS) is 14.0. The smallest absolute Gasteiger partial charge is 3.00 e. The van der Waals surface area contributed by atoms with Crippen molar-refractivity contribution in [2.75, 3.05) is 13.1 Å². The molecule has 0 aliphatic carbocycles. The summed E-state index contributed by atoms with van der Waals surface area (Å²) in [5.41, 5.74) is 1.41. The van der Waals surface area contributed by atoms with Crippen molar-refractivity contribution in [2.24, 2.45) is 9.98 Å². The predicted octanol–water partition coefficient (Wildman–Crippen LogP) is 7.18. The second-order valence-corrected chi connectivity index (χ2v) is 10.7. The number of rotatable bonds is 11. The average molecular weight is 671 g/mol. The van der Waals surface area contributed by atoms with E-state index in [0.29, 0.717) is 24.5 Å². The SMILES string of the molecule is CC(/C=C(/C)[O-])=NCCN=C(C)/C=C(/C)[O-].CCCCn1ccnc1.CCCCn1ccnc1.F[P-](F)(F)(F)(F)F.[Fe+3]. The van der Waals surface area contributed by atoms with Crippen LogP contribution >= 0.6 is 7.81 Å². The van der Waals surface area contributed by atoms with E-state index in [1.165, 1.54) is 51.7 Å². The van der Waals surface area contributed by atoms with Crippen molar-refractivity contribution in [2.45, 2.75) is 80.3 Å². The van der Waals surface area contributed by atoms with Crippen LogP contribution in [-0.4, -0.2) is 43.6 Å². The first kappa shape index (κ1) is 43.8. The molecule has 0 amide bonds. The molecule has 1 radical (unpaired) electrons. The molecule has 42 heavy (non-hydrogen) atoms. The minimum Gasteiger partial charge on any atom is 3.00 e. The third kappa shape index (κ3) is 41.8. The Labute approximate surface area is 255 Å². The molecule has 0 fully saturated rings. The van der Waals surface area contributed by atoms with Gasteiger partial charge in [0.1, 0.15) is 0 Å². The average Bonchev–Trinajstić information content (AvgIpc) is 3.51. The van der Waals surface area contributed by atoms with E-state index in [2.05, 4.69) is 42.9 Å². The largest absolute Gasteiger partial charge is 3.00 e. The zero-order chi connectivity index (χ0) is 32.0. The van der Waals surface area contributed by atoms with Gasteiger partial charge in [0.05, 0.1) is 25.7 Å². The molecule has 0 saturated carbocycles. The van der Waals surface area contributed by atoms with Gasteiger partial charge in [-0.2, -0.15) is 0 Å². The minimum atomic E-state index is -10.7. The maximum Gasteiger partial charge on any atom is 3.00 e. The molecule has 0 aliphatic rings. The van der Waals surface area contributed by atoms with Crippen LogP contribution in [0.1, 0.15) is 67.2 Å². The van der Waals surface area contributed by atoms with Gasteiger partial charge in [-0.1, -0.05) is 52.7 Å². The molecule has 0 aromatic carbocycles. The van der Waals surface area contributed by atoms with Crippen LogP contribution in [-0.2, 0) is 30.2 Å². The number of imidazole rings is 2. The van der Waals surface area contributed by atoms with Crippen molar-refractivity contribution < 1.29 is 52.5 Å². The van der Waals surface area contributed by atoms with Crippen LogP contribution in [0, 0.1) is 0 Å². The number of aromatic nitrogens is 4. The molecule has 0 spiro atoms. The van der Waals surface area contributed by atoms with E-state index in [4.69, 9.17) is 0 Å². The Morgan fingerprint density at radius 3 is 1.24 bits per heavy atom. The van der Waals surface area contributed by atoms with Crippen molar-refractivity contribution in [3.8, 4) is 0 Å². The molecule has 2 aromatic rings. The summed E-state index contributed by atoms with van der Waals surface area (Å²) >= 11 is 0. The van der Waals surface area contributed by atoms with Crippen LogP contribution in [0.5, 0.6) is 0 Å². The summed E-state index contributed by atoms with van der Waals surface area (Å²) in [6, 6.07) is 0. The molecule has 2 heterocycles. The summed E-state index contributed by atoms with van der Waals surface area (Å²) in [5, 5.41) is 21.4. The molecule has 0 N–H and O–H groups in total. The summed E-state index contributed by atoms with van der Waals surface area (Å²) in [4.78, 5) is 16.2. The summed E-state index contributed by atoms with van der Waals surface area (Å²) in [6.45, 7) is 14.2. The van der Waals surface area contributed by atoms with E-state index in [1.54, 1.807) is 13.8 Å². The molecule has 2 aromatic heterocycles. The molecule has 0 unspecified atom stereocenters. The number of aryl methyl sites for hydroxylation is 2. The molecule has 2 rings (SSSR count). The maximum absolute atomic E-state index is 10.7. The van der Waals surface area contributed by atoms with Gasteiger partial charge < -0.3 is 19.3 Å². The van der Waals surface area contributed by atoms with Crippen molar-refractivity contribution in [1.82, 2.24) is 19.1 Å². The number of aliphatic imine (C=N–C) groups is 2. The summed E-state index contributed by atoms with van der Waals surface area (Å²) in [5.74, 6) is -0.0170. The standard InChI is InChI=1S/C12H20N2O2.2C7H12N2.F6P.Fe/c1-9(7-11(3)15)13-5-6-14-10(2)8-12(4)16;2*1-2-3-5-9-6-4-8-7-9;1-7(2,3,4,5)6;/h7-8,15-16H,5-6H2,1-4H3;2*4,6-7H,2-3,5H2,1H3;;/q;;;-1;+3/p-2/b11-7-,12-8-,13-9?,14-10?;;;;. The molecule has 0 bridgehead atoms. The van der Waals surface area contributed by atoms with E-state index in [0.717, 1.165) is 13.1 Å². The predicted molar refractivity (Wildman–Crippen MR) is 151 cm³/mol. The fourth-order valence-corrected chi connectivity index (χ4v) is 2.65. The van der Waals surface area contributed by atoms with Crippen molar-refractivity contribution in [1.29, 1.82) is 0 Å². The van der Waals surface area contributed by atoms with Crippen LogP contribution in [0.3, 0.4) is 0 Å². The Hall–Kier alpha value is -2.63. The Kier molecular flexibility index (Phi) is 22.0. The van der Waals surface area contributed by atoms with Gasteiger partial charge in [0.15, 0.2) is 0 Å². The molecule has 0 saturated heterocycles. The number of hydrogen-bond acceptors (Lipinski definition) is 6. The van der Waals surface area contributed by atoms with E-state index in [9.17, 15) is 35.4 Å². The first-order valence-corrected chi connectivity index (χ1v) is 15.0. The maximum atomic E-state index is 10.7. The van der Waals surface area contributed by atoms with Crippen LogP contribution in [0.2, 0.25) is 0 Å². The third-order valence-corrected chi connectivity index (χ3v) is 4.30. The number of halogens is 6. The van der Waals surface area contributed by atoms with Crippen molar-refractivity contribution in [3.05, 3.63) is 61.1 Å². The van der Waals surface area contributed by atoms with E-state index in [-0.39, 0.29) is 28.6 Å². The van der Waals surface area contributed by atoms with Crippen LogP contribution < -0.4 is 10.2 Å². The Morgan fingerprint density at radius 2 is 1.02 bits per heavy atom. The molecule has 16 heteroatoms. The van der Waals surface area contributed by atoms with Crippen molar-refractivity contribution in [3.63, 3.8) is 0 Å². The number of nitrogens with zero attached hydrogens (tertiary/aromatic N) is 6. The van der Waals surface area contributed by atoms with Gasteiger partial charge in [0.2, 0.25) is 0 Å². The molecule has 243 valence electrons. The van der Waals surface area contributed by atoms with Crippen molar-refractivity contribution >= 4 is 19.2 Å². The topological polar surface area (TPSA) is 106 Å². The van der Waals surface area contributed by atoms with Crippen LogP contribution in [0.4, 0.5) is 25.2 Å². The van der Waals surface area contributed by atoms with E-state index in [1.807, 2.05) is 37.4 Å². The van der Waals surface area contributed by atoms with Gasteiger partial charge in [0.25, 0.3) is 0 Å². The van der Waals surface area contributed by atoms with E-state index < -0.39 is 7.81 Å². The van der Waals surface area contributed by atoms with Gasteiger partial charge in [-0.25, -0.2) is 9.97 Å². The van der Waals surface area contributed by atoms with Gasteiger partial charge >= 0.3 is 50.1 Å². The first-order chi connectivity index (χ1) is 18.7. The fourth-order valence-electron chi connectivity index (χ4n) is 2.65. The Balaban J connectivity index is -0.000000505. The second kappa shape index (κ2) is 21.1. The monoisotopic (exact) mass is 671 g/mol. The number of unbranched alkanes of at least 4 members (excludes halogenated alkanes) is 2. The van der Waals surface area contributed by atoms with Gasteiger partial charge in [-0.15, -0.1) is 11.5 Å². The quantitative estimate of drug-likeness (QED) is 0.0630. The molecule has 0 aliphatic heterocycles. The van der Waals surface area contributed by atoms with Crippen LogP contribution in [0.25, 0.3) is 0 Å². The molecule has 0 atom stereocenters. The van der Waals surface area contributed by atoms with Crippen LogP contribution in [0.15, 0.2) is 71.1 Å². The zero-order valence-corrected chi connectivity index (χ0v) is 26.8. The Morgan fingerprint density at radius 1 is 0.714 bits per heavy atom. The molecule has 8 nitrogen and oxygen atoms in total. The van der Waals surface area contributed by atoms with Gasteiger partial charge in [0, 0.05) is 49.3 Å². The number of allylic oxidation sites excluding steroid dienone is 4. The first-order valence-electron chi connectivity index (χ1n) is 12.9. The zero-order valence-electron chi connectivity index (χ0n) is 24.8. The minimum absolute atomic E-state index is 0. The second-order valence-electron chi connectivity index (χ2n) is 8.82. The Bertz CT molecular complexity index is 982. The summed E-state index contributed by atoms with van der Waals surface area (Å²) in [6.07, 6.45) is 19.3. The van der Waals surface area contributed by atoms with E-state index >= 15 is 0 Å². The summed E-state index contributed by atoms with van der Waals surface area (Å²) in [7, 11) is -10.7.